The lowest BCUT2D eigenvalue weighted by molar-refractivity contribution is -0.115. The summed E-state index contributed by atoms with van der Waals surface area (Å²) in [6.45, 7) is 0. The van der Waals surface area contributed by atoms with Crippen LogP contribution in [0.25, 0.3) is 6.08 Å². The summed E-state index contributed by atoms with van der Waals surface area (Å²) in [6, 6.07) is 9.60. The Labute approximate surface area is 128 Å². The van der Waals surface area contributed by atoms with Crippen molar-refractivity contribution in [2.75, 3.05) is 0 Å². The third-order valence-electron chi connectivity index (χ3n) is 2.25. The minimum atomic E-state index is -0.257. The smallest absolute Gasteiger partial charge is 0.263 e. The molecule has 1 aromatic rings. The van der Waals surface area contributed by atoms with E-state index in [2.05, 4.69) is 27.3 Å². The van der Waals surface area contributed by atoms with Crippen molar-refractivity contribution in [1.82, 2.24) is 5.32 Å². The first-order chi connectivity index (χ1) is 9.08. The Kier molecular flexibility index (Phi) is 4.53. The number of nitrogens with one attached hydrogen (secondary N) is 1. The summed E-state index contributed by atoms with van der Waals surface area (Å²) in [5, 5.41) is 11.6. The maximum Gasteiger partial charge on any atom is 0.263 e. The van der Waals surface area contributed by atoms with Crippen LogP contribution >= 0.6 is 39.9 Å². The zero-order valence-electron chi connectivity index (χ0n) is 9.51. The molecule has 0 unspecified atom stereocenters. The molecule has 0 spiro atoms. The molecule has 0 bridgehead atoms. The molecular formula is C13H7BrN2OS2. The highest BCUT2D eigenvalue weighted by Crippen LogP contribution is 2.25. The first-order valence-corrected chi connectivity index (χ1v) is 7.22. The van der Waals surface area contributed by atoms with Crippen molar-refractivity contribution in [2.24, 2.45) is 0 Å². The molecule has 1 aliphatic rings. The molecule has 2 rings (SSSR count). The van der Waals surface area contributed by atoms with Crippen LogP contribution in [-0.2, 0) is 4.79 Å². The number of rotatable bonds is 2. The van der Waals surface area contributed by atoms with Crippen LogP contribution in [0.3, 0.4) is 0 Å². The number of allylic oxidation sites excluding steroid dienone is 2. The normalized spacial score (nSPS) is 17.5. The molecule has 1 heterocycles. The molecule has 1 fully saturated rings. The summed E-state index contributed by atoms with van der Waals surface area (Å²) in [5.41, 5.74) is 1.30. The molecule has 0 atom stereocenters. The number of hydrogen-bond acceptors (Lipinski definition) is 4. The Morgan fingerprint density at radius 3 is 2.63 bits per heavy atom. The number of hydrogen-bond donors (Lipinski definition) is 1. The summed E-state index contributed by atoms with van der Waals surface area (Å²) in [4.78, 5) is 11.9. The highest BCUT2D eigenvalue weighted by Gasteiger charge is 2.22. The highest BCUT2D eigenvalue weighted by molar-refractivity contribution is 9.10. The molecule has 1 aliphatic heterocycles. The van der Waals surface area contributed by atoms with Gasteiger partial charge in [0.25, 0.3) is 5.91 Å². The lowest BCUT2D eigenvalue weighted by atomic mass is 10.1. The Bertz CT molecular complexity index is 642. The van der Waals surface area contributed by atoms with Crippen LogP contribution in [0, 0.1) is 11.3 Å². The fourth-order valence-electron chi connectivity index (χ4n) is 1.41. The second kappa shape index (κ2) is 6.15. The van der Waals surface area contributed by atoms with E-state index in [-0.39, 0.29) is 5.91 Å². The minimum absolute atomic E-state index is 0.257. The van der Waals surface area contributed by atoms with Crippen LogP contribution in [-0.4, -0.2) is 10.2 Å². The molecule has 3 nitrogen and oxygen atoms in total. The molecule has 6 heteroatoms. The molecule has 0 aliphatic carbocycles. The van der Waals surface area contributed by atoms with Gasteiger partial charge in [0, 0.05) is 4.47 Å². The van der Waals surface area contributed by atoms with Gasteiger partial charge in [-0.15, -0.1) is 0 Å². The van der Waals surface area contributed by atoms with E-state index in [9.17, 15) is 4.79 Å². The van der Waals surface area contributed by atoms with Crippen molar-refractivity contribution in [3.63, 3.8) is 0 Å². The Morgan fingerprint density at radius 1 is 1.42 bits per heavy atom. The lowest BCUT2D eigenvalue weighted by Gasteiger charge is -1.95. The fraction of sp³-hybridized carbons (Fsp3) is 0. The van der Waals surface area contributed by atoms with Crippen LogP contribution in [0.1, 0.15) is 5.56 Å². The molecule has 0 radical (unpaired) electrons. The lowest BCUT2D eigenvalue weighted by Crippen LogP contribution is -2.17. The van der Waals surface area contributed by atoms with Gasteiger partial charge < -0.3 is 5.32 Å². The van der Waals surface area contributed by atoms with E-state index in [1.165, 1.54) is 0 Å². The summed E-state index contributed by atoms with van der Waals surface area (Å²) in [6.07, 6.45) is 3.26. The topological polar surface area (TPSA) is 52.9 Å². The van der Waals surface area contributed by atoms with Gasteiger partial charge in [-0.05, 0) is 29.8 Å². The average Bonchev–Trinajstić information content (AvgIpc) is 2.69. The molecule has 19 heavy (non-hydrogen) atoms. The van der Waals surface area contributed by atoms with Crippen LogP contribution < -0.4 is 5.32 Å². The molecular weight excluding hydrogens is 344 g/mol. The number of thioether (sulfide) groups is 1. The van der Waals surface area contributed by atoms with E-state index in [1.54, 1.807) is 12.2 Å². The largest absolute Gasteiger partial charge is 0.307 e. The van der Waals surface area contributed by atoms with Crippen LogP contribution in [0.4, 0.5) is 0 Å². The second-order valence-corrected chi connectivity index (χ2v) is 6.25. The summed E-state index contributed by atoms with van der Waals surface area (Å²) >= 11 is 9.40. The molecule has 1 amide bonds. The third kappa shape index (κ3) is 3.77. The number of carbonyl (C=O) groups excluding carboxylic acids is 1. The van der Waals surface area contributed by atoms with Crippen molar-refractivity contribution in [1.29, 1.82) is 5.26 Å². The van der Waals surface area contributed by atoms with Gasteiger partial charge in [0.15, 0.2) is 0 Å². The number of amides is 1. The quantitative estimate of drug-likeness (QED) is 0.504. The van der Waals surface area contributed by atoms with Gasteiger partial charge in [0.05, 0.1) is 16.5 Å². The maximum absolute atomic E-state index is 11.5. The van der Waals surface area contributed by atoms with Gasteiger partial charge >= 0.3 is 0 Å². The molecule has 94 valence electrons. The molecule has 1 N–H and O–H groups in total. The molecule has 1 aromatic carbocycles. The van der Waals surface area contributed by atoms with Crippen molar-refractivity contribution in [3.05, 3.63) is 50.9 Å². The van der Waals surface area contributed by atoms with E-state index in [0.717, 1.165) is 21.8 Å². The Balaban J connectivity index is 2.28. The Hall–Kier alpha value is -1.42. The van der Waals surface area contributed by atoms with Gasteiger partial charge in [-0.25, -0.2) is 0 Å². The standard InChI is InChI=1S/C13H7BrN2OS2/c14-10-3-1-8(2-4-10)5-9(7-15)6-11-12(17)16-13(18)19-11/h1-6H,(H,16,17,18)/b9-5-,11-6-. The SMILES string of the molecule is N#CC(=C\c1ccc(Br)cc1)/C=C1\SC(=S)NC1=O. The maximum atomic E-state index is 11.5. The number of nitrogens with zero attached hydrogens (tertiary/aromatic N) is 1. The fourth-order valence-corrected chi connectivity index (χ4v) is 2.71. The average molecular weight is 351 g/mol. The van der Waals surface area contributed by atoms with E-state index < -0.39 is 0 Å². The van der Waals surface area contributed by atoms with E-state index >= 15 is 0 Å². The predicted molar refractivity (Wildman–Crippen MR) is 84.1 cm³/mol. The first kappa shape index (κ1) is 14.0. The van der Waals surface area contributed by atoms with Gasteiger partial charge in [-0.1, -0.05) is 52.0 Å². The number of halogens is 1. The summed E-state index contributed by atoms with van der Waals surface area (Å²) in [7, 11) is 0. The van der Waals surface area contributed by atoms with E-state index in [0.29, 0.717) is 14.8 Å². The number of benzene rings is 1. The van der Waals surface area contributed by atoms with E-state index in [4.69, 9.17) is 17.5 Å². The summed E-state index contributed by atoms with van der Waals surface area (Å²) < 4.78 is 1.38. The second-order valence-electron chi connectivity index (χ2n) is 3.62. The number of carbonyl (C=O) groups is 1. The Morgan fingerprint density at radius 2 is 2.11 bits per heavy atom. The zero-order chi connectivity index (χ0) is 13.8. The number of nitriles is 1. The van der Waals surface area contributed by atoms with E-state index in [1.807, 2.05) is 24.3 Å². The minimum Gasteiger partial charge on any atom is -0.307 e. The van der Waals surface area contributed by atoms with Crippen LogP contribution in [0.15, 0.2) is 45.3 Å². The molecule has 0 aromatic heterocycles. The van der Waals surface area contributed by atoms with Crippen molar-refractivity contribution < 1.29 is 4.79 Å². The first-order valence-electron chi connectivity index (χ1n) is 5.21. The van der Waals surface area contributed by atoms with Crippen molar-refractivity contribution >= 4 is 56.2 Å². The highest BCUT2D eigenvalue weighted by atomic mass is 79.9. The van der Waals surface area contributed by atoms with Gasteiger partial charge in [0.1, 0.15) is 4.32 Å². The van der Waals surface area contributed by atoms with Gasteiger partial charge in [-0.2, -0.15) is 5.26 Å². The van der Waals surface area contributed by atoms with Crippen molar-refractivity contribution in [2.45, 2.75) is 0 Å². The summed E-state index contributed by atoms with van der Waals surface area (Å²) in [5.74, 6) is -0.257. The zero-order valence-corrected chi connectivity index (χ0v) is 12.7. The van der Waals surface area contributed by atoms with Crippen molar-refractivity contribution in [3.8, 4) is 6.07 Å². The molecule has 0 saturated carbocycles. The number of thiocarbonyl (C=S) groups is 1. The third-order valence-corrected chi connectivity index (χ3v) is 3.94. The molecule has 1 saturated heterocycles. The van der Waals surface area contributed by atoms with Crippen LogP contribution in [0.5, 0.6) is 0 Å². The predicted octanol–water partition coefficient (Wildman–Crippen LogP) is 3.39. The van der Waals surface area contributed by atoms with Crippen LogP contribution in [0.2, 0.25) is 0 Å². The monoisotopic (exact) mass is 350 g/mol. The van der Waals surface area contributed by atoms with Gasteiger partial charge in [-0.3, -0.25) is 4.79 Å². The van der Waals surface area contributed by atoms with Gasteiger partial charge in [0.2, 0.25) is 0 Å².